The highest BCUT2D eigenvalue weighted by Gasteiger charge is 2.15. The van der Waals surface area contributed by atoms with Gasteiger partial charge in [-0.15, -0.1) is 11.3 Å². The van der Waals surface area contributed by atoms with Crippen LogP contribution in [0, 0.1) is 6.42 Å². The first-order chi connectivity index (χ1) is 5.47. The molecule has 1 aliphatic rings. The quantitative estimate of drug-likeness (QED) is 0.596. The largest absolute Gasteiger partial charge is 0.149 e. The van der Waals surface area contributed by atoms with Crippen LogP contribution >= 0.6 is 11.3 Å². The number of hydrogen-bond acceptors (Lipinski definition) is 1. The van der Waals surface area contributed by atoms with E-state index in [2.05, 4.69) is 23.9 Å². The van der Waals surface area contributed by atoms with Crippen molar-refractivity contribution in [2.45, 2.75) is 31.6 Å². The zero-order chi connectivity index (χ0) is 7.52. The van der Waals surface area contributed by atoms with Crippen LogP contribution in [0.15, 0.2) is 17.5 Å². The van der Waals surface area contributed by atoms with Crippen molar-refractivity contribution >= 4 is 11.3 Å². The Hall–Kier alpha value is -0.300. The second-order valence-corrected chi connectivity index (χ2v) is 4.12. The zero-order valence-corrected chi connectivity index (χ0v) is 7.44. The Bertz CT molecular complexity index is 195. The first-order valence-electron chi connectivity index (χ1n) is 4.33. The van der Waals surface area contributed by atoms with Gasteiger partial charge in [-0.05, 0) is 36.6 Å². The summed E-state index contributed by atoms with van der Waals surface area (Å²) in [4.78, 5) is 1.56. The molecule has 1 fully saturated rings. The average Bonchev–Trinajstić information content (AvgIpc) is 2.58. The molecule has 11 heavy (non-hydrogen) atoms. The van der Waals surface area contributed by atoms with Crippen molar-refractivity contribution in [1.29, 1.82) is 0 Å². The smallest absolute Gasteiger partial charge is 0.00790 e. The van der Waals surface area contributed by atoms with E-state index < -0.39 is 0 Å². The number of hydrogen-bond donors (Lipinski definition) is 0. The summed E-state index contributed by atoms with van der Waals surface area (Å²) in [5.74, 6) is 0.781. The Morgan fingerprint density at radius 3 is 3.00 bits per heavy atom. The molecule has 1 heterocycles. The highest BCUT2D eigenvalue weighted by molar-refractivity contribution is 7.10. The molecular formula is C10H13S. The Kier molecular flexibility index (Phi) is 2.27. The molecule has 0 amide bonds. The standard InChI is InChI=1S/C10H13S/c1-2-5-9(6-3-1)10-7-4-8-11-10/h4-5,7-9H,1-3,6H2. The summed E-state index contributed by atoms with van der Waals surface area (Å²) in [6.07, 6.45) is 8.00. The maximum atomic E-state index is 2.48. The van der Waals surface area contributed by atoms with Crippen LogP contribution in [0.1, 0.15) is 36.5 Å². The predicted molar refractivity (Wildman–Crippen MR) is 49.8 cm³/mol. The molecule has 1 radical (unpaired) electrons. The topological polar surface area (TPSA) is 0 Å². The van der Waals surface area contributed by atoms with E-state index in [1.807, 2.05) is 11.3 Å². The van der Waals surface area contributed by atoms with Gasteiger partial charge in [0.15, 0.2) is 0 Å². The minimum Gasteiger partial charge on any atom is -0.149 e. The molecule has 59 valence electrons. The molecular weight excluding hydrogens is 152 g/mol. The molecule has 0 N–H and O–H groups in total. The summed E-state index contributed by atoms with van der Waals surface area (Å²) >= 11 is 1.90. The van der Waals surface area contributed by atoms with Crippen molar-refractivity contribution in [3.63, 3.8) is 0 Å². The number of thiophene rings is 1. The van der Waals surface area contributed by atoms with E-state index in [0.29, 0.717) is 0 Å². The molecule has 0 saturated heterocycles. The van der Waals surface area contributed by atoms with Crippen LogP contribution < -0.4 is 0 Å². The monoisotopic (exact) mass is 165 g/mol. The van der Waals surface area contributed by atoms with Crippen LogP contribution in [0.3, 0.4) is 0 Å². The van der Waals surface area contributed by atoms with Gasteiger partial charge in [0.1, 0.15) is 0 Å². The molecule has 1 aliphatic carbocycles. The van der Waals surface area contributed by atoms with Gasteiger partial charge in [0.25, 0.3) is 0 Å². The summed E-state index contributed by atoms with van der Waals surface area (Å²) in [5.41, 5.74) is 0. The summed E-state index contributed by atoms with van der Waals surface area (Å²) in [6, 6.07) is 4.42. The van der Waals surface area contributed by atoms with Gasteiger partial charge in [0.05, 0.1) is 0 Å². The molecule has 1 unspecified atom stereocenters. The highest BCUT2D eigenvalue weighted by Crippen LogP contribution is 2.33. The second-order valence-electron chi connectivity index (χ2n) is 3.14. The second kappa shape index (κ2) is 3.40. The lowest BCUT2D eigenvalue weighted by molar-refractivity contribution is 0.539. The van der Waals surface area contributed by atoms with Crippen LogP contribution in [-0.4, -0.2) is 0 Å². The van der Waals surface area contributed by atoms with Crippen molar-refractivity contribution in [2.24, 2.45) is 0 Å². The minimum atomic E-state index is 0.781. The first-order valence-corrected chi connectivity index (χ1v) is 5.21. The van der Waals surface area contributed by atoms with E-state index in [1.54, 1.807) is 4.88 Å². The molecule has 0 nitrogen and oxygen atoms in total. The molecule has 1 atom stereocenters. The summed E-state index contributed by atoms with van der Waals surface area (Å²) in [6.45, 7) is 0. The summed E-state index contributed by atoms with van der Waals surface area (Å²) in [5, 5.41) is 2.18. The lowest BCUT2D eigenvalue weighted by Crippen LogP contribution is -2.02. The summed E-state index contributed by atoms with van der Waals surface area (Å²) < 4.78 is 0. The SMILES string of the molecule is [CH]1CCCCC1c1cccs1. The van der Waals surface area contributed by atoms with Crippen LogP contribution in [0.5, 0.6) is 0 Å². The molecule has 1 aromatic rings. The molecule has 1 saturated carbocycles. The van der Waals surface area contributed by atoms with Gasteiger partial charge in [0, 0.05) is 4.88 Å². The van der Waals surface area contributed by atoms with Crippen LogP contribution in [-0.2, 0) is 0 Å². The zero-order valence-electron chi connectivity index (χ0n) is 6.62. The van der Waals surface area contributed by atoms with Gasteiger partial charge in [-0.2, -0.15) is 0 Å². The van der Waals surface area contributed by atoms with Gasteiger partial charge in [0.2, 0.25) is 0 Å². The predicted octanol–water partition coefficient (Wildman–Crippen LogP) is 3.61. The van der Waals surface area contributed by atoms with Gasteiger partial charge in [-0.3, -0.25) is 0 Å². The van der Waals surface area contributed by atoms with Crippen LogP contribution in [0.25, 0.3) is 0 Å². The minimum absolute atomic E-state index is 0.781. The van der Waals surface area contributed by atoms with Gasteiger partial charge in [-0.1, -0.05) is 18.9 Å². The van der Waals surface area contributed by atoms with Crippen LogP contribution in [0.2, 0.25) is 0 Å². The maximum Gasteiger partial charge on any atom is 0.00790 e. The van der Waals surface area contributed by atoms with Crippen LogP contribution in [0.4, 0.5) is 0 Å². The third-order valence-electron chi connectivity index (χ3n) is 2.33. The normalized spacial score (nSPS) is 20.4. The van der Waals surface area contributed by atoms with E-state index >= 15 is 0 Å². The number of rotatable bonds is 1. The van der Waals surface area contributed by atoms with E-state index in [-0.39, 0.29) is 0 Å². The fourth-order valence-electron chi connectivity index (χ4n) is 1.71. The molecule has 2 rings (SSSR count). The van der Waals surface area contributed by atoms with Crippen molar-refractivity contribution < 1.29 is 0 Å². The van der Waals surface area contributed by atoms with E-state index in [9.17, 15) is 0 Å². The Morgan fingerprint density at radius 2 is 2.36 bits per heavy atom. The molecule has 0 aliphatic heterocycles. The first kappa shape index (κ1) is 7.35. The van der Waals surface area contributed by atoms with E-state index in [0.717, 1.165) is 5.92 Å². The average molecular weight is 165 g/mol. The fraction of sp³-hybridized carbons (Fsp3) is 0.500. The van der Waals surface area contributed by atoms with Crippen molar-refractivity contribution in [3.8, 4) is 0 Å². The molecule has 1 heteroatoms. The maximum absolute atomic E-state index is 2.48. The summed E-state index contributed by atoms with van der Waals surface area (Å²) in [7, 11) is 0. The van der Waals surface area contributed by atoms with Crippen molar-refractivity contribution in [2.75, 3.05) is 0 Å². The third-order valence-corrected chi connectivity index (χ3v) is 3.33. The molecule has 0 aromatic carbocycles. The van der Waals surface area contributed by atoms with Gasteiger partial charge >= 0.3 is 0 Å². The molecule has 0 bridgehead atoms. The fourth-order valence-corrected chi connectivity index (χ4v) is 2.57. The van der Waals surface area contributed by atoms with Gasteiger partial charge < -0.3 is 0 Å². The van der Waals surface area contributed by atoms with Crippen molar-refractivity contribution in [3.05, 3.63) is 28.8 Å². The Labute approximate surface area is 72.3 Å². The Balaban J connectivity index is 2.04. The molecule has 0 spiro atoms. The highest BCUT2D eigenvalue weighted by atomic mass is 32.1. The van der Waals surface area contributed by atoms with Crippen molar-refractivity contribution in [1.82, 2.24) is 0 Å². The Morgan fingerprint density at radius 1 is 1.36 bits per heavy atom. The van der Waals surface area contributed by atoms with E-state index in [4.69, 9.17) is 0 Å². The third kappa shape index (κ3) is 1.64. The lowest BCUT2D eigenvalue weighted by atomic mass is 9.88. The van der Waals surface area contributed by atoms with Gasteiger partial charge in [-0.25, -0.2) is 0 Å². The lowest BCUT2D eigenvalue weighted by Gasteiger charge is -2.19. The van der Waals surface area contributed by atoms with E-state index in [1.165, 1.54) is 25.7 Å². The molecule has 1 aromatic heterocycles.